The van der Waals surface area contributed by atoms with Crippen LogP contribution in [0.4, 0.5) is 0 Å². The Morgan fingerprint density at radius 2 is 1.73 bits per heavy atom. The second kappa shape index (κ2) is 6.18. The zero-order chi connectivity index (χ0) is 15.5. The van der Waals surface area contributed by atoms with E-state index in [-0.39, 0.29) is 6.10 Å². The first-order valence-corrected chi connectivity index (χ1v) is 7.30. The summed E-state index contributed by atoms with van der Waals surface area (Å²) in [7, 11) is 4.96. The van der Waals surface area contributed by atoms with Gasteiger partial charge in [-0.2, -0.15) is 0 Å². The molecule has 0 bridgehead atoms. The molecule has 1 aliphatic rings. The maximum Gasteiger partial charge on any atom is 0.161 e. The van der Waals surface area contributed by atoms with E-state index in [0.29, 0.717) is 0 Å². The summed E-state index contributed by atoms with van der Waals surface area (Å²) in [5.41, 5.74) is 2.29. The Kier molecular flexibility index (Phi) is 4.09. The maximum atomic E-state index is 6.14. The highest BCUT2D eigenvalue weighted by molar-refractivity contribution is 5.46. The molecule has 22 heavy (non-hydrogen) atoms. The Morgan fingerprint density at radius 1 is 0.909 bits per heavy atom. The lowest BCUT2D eigenvalue weighted by molar-refractivity contribution is 0.175. The molecule has 2 aromatic carbocycles. The van der Waals surface area contributed by atoms with Crippen molar-refractivity contribution in [2.75, 3.05) is 21.3 Å². The Balaban J connectivity index is 1.85. The molecule has 0 aromatic heterocycles. The van der Waals surface area contributed by atoms with Gasteiger partial charge in [-0.15, -0.1) is 0 Å². The van der Waals surface area contributed by atoms with E-state index in [9.17, 15) is 0 Å². The van der Waals surface area contributed by atoms with Gasteiger partial charge in [0, 0.05) is 0 Å². The van der Waals surface area contributed by atoms with Crippen LogP contribution in [0.25, 0.3) is 0 Å². The number of ether oxygens (including phenoxy) is 4. The Hall–Kier alpha value is -2.36. The van der Waals surface area contributed by atoms with Gasteiger partial charge >= 0.3 is 0 Å². The van der Waals surface area contributed by atoms with Gasteiger partial charge in [-0.1, -0.05) is 6.07 Å². The minimum absolute atomic E-state index is 0.0284. The molecule has 3 rings (SSSR count). The summed E-state index contributed by atoms with van der Waals surface area (Å²) < 4.78 is 22.1. The summed E-state index contributed by atoms with van der Waals surface area (Å²) in [5, 5.41) is 0. The van der Waals surface area contributed by atoms with E-state index < -0.39 is 0 Å². The molecule has 1 aliphatic heterocycles. The van der Waals surface area contributed by atoms with E-state index in [2.05, 4.69) is 0 Å². The zero-order valence-electron chi connectivity index (χ0n) is 13.1. The van der Waals surface area contributed by atoms with Crippen molar-refractivity contribution in [3.05, 3.63) is 47.5 Å². The van der Waals surface area contributed by atoms with Gasteiger partial charge in [-0.3, -0.25) is 0 Å². The number of rotatable bonds is 4. The van der Waals surface area contributed by atoms with Crippen molar-refractivity contribution in [3.8, 4) is 23.0 Å². The molecular formula is C18H20O4. The lowest BCUT2D eigenvalue weighted by Gasteiger charge is -2.27. The first kappa shape index (κ1) is 14.6. The van der Waals surface area contributed by atoms with Crippen molar-refractivity contribution in [1.82, 2.24) is 0 Å². The normalized spacial score (nSPS) is 16.4. The van der Waals surface area contributed by atoms with Gasteiger partial charge in [0.2, 0.25) is 0 Å². The number of hydrogen-bond donors (Lipinski definition) is 0. The van der Waals surface area contributed by atoms with E-state index in [0.717, 1.165) is 41.4 Å². The van der Waals surface area contributed by atoms with Gasteiger partial charge in [0.15, 0.2) is 11.5 Å². The van der Waals surface area contributed by atoms with Gasteiger partial charge in [-0.25, -0.2) is 0 Å². The maximum absolute atomic E-state index is 6.14. The summed E-state index contributed by atoms with van der Waals surface area (Å²) >= 11 is 0. The van der Waals surface area contributed by atoms with Crippen molar-refractivity contribution >= 4 is 0 Å². The van der Waals surface area contributed by atoms with Crippen LogP contribution in [0.1, 0.15) is 23.7 Å². The Bertz CT molecular complexity index is 666. The summed E-state index contributed by atoms with van der Waals surface area (Å²) in [6, 6.07) is 11.9. The van der Waals surface area contributed by atoms with Crippen LogP contribution in [0.2, 0.25) is 0 Å². The number of fused-ring (bicyclic) bond motifs is 1. The molecule has 4 heteroatoms. The molecule has 1 unspecified atom stereocenters. The number of benzene rings is 2. The van der Waals surface area contributed by atoms with E-state index in [1.54, 1.807) is 21.3 Å². The minimum atomic E-state index is 0.0284. The fourth-order valence-electron chi connectivity index (χ4n) is 2.78. The molecule has 0 amide bonds. The van der Waals surface area contributed by atoms with Crippen LogP contribution in [0.15, 0.2) is 36.4 Å². The molecule has 2 aromatic rings. The van der Waals surface area contributed by atoms with Gasteiger partial charge in [0.1, 0.15) is 17.6 Å². The molecule has 0 saturated heterocycles. The minimum Gasteiger partial charge on any atom is -0.497 e. The number of hydrogen-bond acceptors (Lipinski definition) is 4. The van der Waals surface area contributed by atoms with Gasteiger partial charge in [-0.05, 0) is 54.3 Å². The smallest absolute Gasteiger partial charge is 0.161 e. The van der Waals surface area contributed by atoms with Crippen molar-refractivity contribution in [2.45, 2.75) is 18.9 Å². The molecule has 0 aliphatic carbocycles. The molecule has 116 valence electrons. The summed E-state index contributed by atoms with van der Waals surface area (Å²) in [6.45, 7) is 0. The highest BCUT2D eigenvalue weighted by Gasteiger charge is 2.22. The Morgan fingerprint density at radius 3 is 2.45 bits per heavy atom. The first-order chi connectivity index (χ1) is 10.7. The average molecular weight is 300 g/mol. The van der Waals surface area contributed by atoms with Crippen LogP contribution in [0, 0.1) is 0 Å². The van der Waals surface area contributed by atoms with Crippen molar-refractivity contribution in [1.29, 1.82) is 0 Å². The Labute approximate surface area is 130 Å². The fraction of sp³-hybridized carbons (Fsp3) is 0.333. The third-order valence-electron chi connectivity index (χ3n) is 3.99. The highest BCUT2D eigenvalue weighted by atomic mass is 16.5. The molecule has 0 spiro atoms. The average Bonchev–Trinajstić information content (AvgIpc) is 2.60. The summed E-state index contributed by atoms with van der Waals surface area (Å²) in [4.78, 5) is 0. The lowest BCUT2D eigenvalue weighted by Crippen LogP contribution is -2.15. The van der Waals surface area contributed by atoms with Crippen molar-refractivity contribution < 1.29 is 18.9 Å². The quantitative estimate of drug-likeness (QED) is 0.861. The van der Waals surface area contributed by atoms with E-state index in [4.69, 9.17) is 18.9 Å². The molecule has 0 saturated carbocycles. The van der Waals surface area contributed by atoms with E-state index in [1.165, 1.54) is 5.56 Å². The predicted molar refractivity (Wildman–Crippen MR) is 84.2 cm³/mol. The van der Waals surface area contributed by atoms with Gasteiger partial charge in [0.25, 0.3) is 0 Å². The SMILES string of the molecule is COc1ccc2c(c1)CCC(c1ccc(OC)c(OC)c1)O2. The van der Waals surface area contributed by atoms with E-state index in [1.807, 2.05) is 36.4 Å². The molecule has 4 nitrogen and oxygen atoms in total. The third kappa shape index (κ3) is 2.69. The fourth-order valence-corrected chi connectivity index (χ4v) is 2.78. The number of aryl methyl sites for hydroxylation is 1. The topological polar surface area (TPSA) is 36.9 Å². The van der Waals surface area contributed by atoms with Crippen LogP contribution < -0.4 is 18.9 Å². The van der Waals surface area contributed by atoms with Crippen LogP contribution in [0.3, 0.4) is 0 Å². The van der Waals surface area contributed by atoms with Gasteiger partial charge in [0.05, 0.1) is 21.3 Å². The van der Waals surface area contributed by atoms with Crippen LogP contribution in [-0.2, 0) is 6.42 Å². The largest absolute Gasteiger partial charge is 0.497 e. The van der Waals surface area contributed by atoms with Crippen molar-refractivity contribution in [2.24, 2.45) is 0 Å². The second-order valence-electron chi connectivity index (χ2n) is 5.23. The summed E-state index contributed by atoms with van der Waals surface area (Å²) in [5.74, 6) is 3.25. The molecule has 0 radical (unpaired) electrons. The van der Waals surface area contributed by atoms with Crippen LogP contribution >= 0.6 is 0 Å². The predicted octanol–water partition coefficient (Wildman–Crippen LogP) is 3.78. The molecule has 1 heterocycles. The monoisotopic (exact) mass is 300 g/mol. The number of methoxy groups -OCH3 is 3. The van der Waals surface area contributed by atoms with Crippen molar-refractivity contribution in [3.63, 3.8) is 0 Å². The van der Waals surface area contributed by atoms with E-state index >= 15 is 0 Å². The molecule has 0 N–H and O–H groups in total. The molecule has 0 fully saturated rings. The molecular weight excluding hydrogens is 280 g/mol. The first-order valence-electron chi connectivity index (χ1n) is 7.30. The molecule has 1 atom stereocenters. The summed E-state index contributed by atoms with van der Waals surface area (Å²) in [6.07, 6.45) is 1.92. The zero-order valence-corrected chi connectivity index (χ0v) is 13.1. The lowest BCUT2D eigenvalue weighted by atomic mass is 9.97. The third-order valence-corrected chi connectivity index (χ3v) is 3.99. The highest BCUT2D eigenvalue weighted by Crippen LogP contribution is 2.39. The standard InChI is InChI=1S/C18H20O4/c1-19-14-6-9-16-12(10-14)4-7-15(22-16)13-5-8-17(20-2)18(11-13)21-3/h5-6,8-11,15H,4,7H2,1-3H3. The van der Waals surface area contributed by atoms with Gasteiger partial charge < -0.3 is 18.9 Å². The second-order valence-corrected chi connectivity index (χ2v) is 5.23. The van der Waals surface area contributed by atoms with Crippen LogP contribution in [-0.4, -0.2) is 21.3 Å². The van der Waals surface area contributed by atoms with Crippen LogP contribution in [0.5, 0.6) is 23.0 Å².